The number of hydrogen-bond donors (Lipinski definition) is 0. The Balaban J connectivity index is 1.45. The van der Waals surface area contributed by atoms with Gasteiger partial charge in [-0.3, -0.25) is 9.59 Å². The quantitative estimate of drug-likeness (QED) is 0.560. The molecule has 5 nitrogen and oxygen atoms in total. The predicted octanol–water partition coefficient (Wildman–Crippen LogP) is 4.74. The van der Waals surface area contributed by atoms with Crippen LogP contribution >= 0.6 is 0 Å². The van der Waals surface area contributed by atoms with Crippen LogP contribution in [0.5, 0.6) is 0 Å². The van der Waals surface area contributed by atoms with Crippen LogP contribution in [-0.2, 0) is 19.1 Å². The number of ether oxygens (including phenoxy) is 2. The van der Waals surface area contributed by atoms with Crippen LogP contribution in [0.1, 0.15) is 64.2 Å². The van der Waals surface area contributed by atoms with Gasteiger partial charge in [-0.25, -0.2) is 0 Å². The molecule has 0 aliphatic heterocycles. The van der Waals surface area contributed by atoms with Gasteiger partial charge in [0.25, 0.3) is 0 Å². The predicted molar refractivity (Wildman–Crippen MR) is 114 cm³/mol. The second kappa shape index (κ2) is 11.8. The molecule has 0 amide bonds. The Kier molecular flexibility index (Phi) is 8.84. The molecule has 0 spiro atoms. The first-order valence-corrected chi connectivity index (χ1v) is 11.4. The van der Waals surface area contributed by atoms with Crippen molar-refractivity contribution in [1.82, 2.24) is 0 Å². The maximum absolute atomic E-state index is 12.3. The zero-order valence-electron chi connectivity index (χ0n) is 17.5. The fourth-order valence-electron chi connectivity index (χ4n) is 4.43. The molecule has 3 rings (SSSR count). The first-order chi connectivity index (χ1) is 14.2. The van der Waals surface area contributed by atoms with Crippen molar-refractivity contribution in [2.75, 3.05) is 31.2 Å². The fraction of sp³-hybridized carbons (Fsp3) is 0.667. The number of anilines is 1. The summed E-state index contributed by atoms with van der Waals surface area (Å²) in [5.41, 5.74) is 1.05. The van der Waals surface area contributed by atoms with E-state index in [0.717, 1.165) is 57.1 Å². The van der Waals surface area contributed by atoms with Gasteiger partial charge in [-0.05, 0) is 37.8 Å². The second-order valence-corrected chi connectivity index (χ2v) is 8.33. The molecular weight excluding hydrogens is 366 g/mol. The van der Waals surface area contributed by atoms with Crippen LogP contribution < -0.4 is 4.90 Å². The molecule has 2 aliphatic carbocycles. The molecule has 0 heterocycles. The average Bonchev–Trinajstić information content (AvgIpc) is 2.79. The van der Waals surface area contributed by atoms with E-state index in [0.29, 0.717) is 26.3 Å². The normalized spacial score (nSPS) is 18.2. The van der Waals surface area contributed by atoms with E-state index in [-0.39, 0.29) is 23.8 Å². The van der Waals surface area contributed by atoms with Crippen molar-refractivity contribution in [3.8, 4) is 0 Å². The molecule has 160 valence electrons. The minimum Gasteiger partial charge on any atom is -0.464 e. The highest BCUT2D eigenvalue weighted by Gasteiger charge is 2.24. The van der Waals surface area contributed by atoms with Gasteiger partial charge in [0, 0.05) is 5.69 Å². The summed E-state index contributed by atoms with van der Waals surface area (Å²) in [6.45, 7) is 1.93. The number of benzene rings is 1. The number of para-hydroxylation sites is 1. The van der Waals surface area contributed by atoms with Crippen LogP contribution in [0.4, 0.5) is 5.69 Å². The third-order valence-corrected chi connectivity index (χ3v) is 6.21. The summed E-state index contributed by atoms with van der Waals surface area (Å²) in [4.78, 5) is 26.7. The Morgan fingerprint density at radius 2 is 1.17 bits per heavy atom. The van der Waals surface area contributed by atoms with Gasteiger partial charge in [0.2, 0.25) is 0 Å². The van der Waals surface area contributed by atoms with Crippen LogP contribution in [0.15, 0.2) is 30.3 Å². The minimum absolute atomic E-state index is 0.0542. The lowest BCUT2D eigenvalue weighted by Crippen LogP contribution is -2.33. The molecule has 0 bridgehead atoms. The first kappa shape index (κ1) is 21.7. The van der Waals surface area contributed by atoms with E-state index in [9.17, 15) is 9.59 Å². The Morgan fingerprint density at radius 3 is 1.62 bits per heavy atom. The van der Waals surface area contributed by atoms with Crippen LogP contribution in [0.25, 0.3) is 0 Å². The van der Waals surface area contributed by atoms with Gasteiger partial charge < -0.3 is 14.4 Å². The summed E-state index contributed by atoms with van der Waals surface area (Å²) in [6.07, 6.45) is 10.8. The fourth-order valence-corrected chi connectivity index (χ4v) is 4.43. The number of hydrogen-bond acceptors (Lipinski definition) is 5. The molecule has 0 saturated heterocycles. The van der Waals surface area contributed by atoms with Gasteiger partial charge in [0.15, 0.2) is 0 Å². The van der Waals surface area contributed by atoms with E-state index in [1.807, 2.05) is 30.3 Å². The maximum Gasteiger partial charge on any atom is 0.308 e. The van der Waals surface area contributed by atoms with Gasteiger partial charge >= 0.3 is 11.9 Å². The molecule has 1 aromatic carbocycles. The van der Waals surface area contributed by atoms with Crippen LogP contribution in [-0.4, -0.2) is 38.2 Å². The van der Waals surface area contributed by atoms with E-state index in [2.05, 4.69) is 4.90 Å². The summed E-state index contributed by atoms with van der Waals surface area (Å²) < 4.78 is 11.1. The second-order valence-electron chi connectivity index (χ2n) is 8.33. The average molecular weight is 402 g/mol. The van der Waals surface area contributed by atoms with E-state index in [1.165, 1.54) is 12.8 Å². The topological polar surface area (TPSA) is 55.8 Å². The van der Waals surface area contributed by atoms with Gasteiger partial charge in [-0.2, -0.15) is 0 Å². The van der Waals surface area contributed by atoms with Gasteiger partial charge in [0.05, 0.1) is 24.9 Å². The molecule has 0 aromatic heterocycles. The smallest absolute Gasteiger partial charge is 0.308 e. The molecule has 0 unspecified atom stereocenters. The Morgan fingerprint density at radius 1 is 0.724 bits per heavy atom. The molecule has 29 heavy (non-hydrogen) atoms. The summed E-state index contributed by atoms with van der Waals surface area (Å²) in [5, 5.41) is 0. The van der Waals surface area contributed by atoms with E-state index in [4.69, 9.17) is 9.47 Å². The lowest BCUT2D eigenvalue weighted by Gasteiger charge is -2.26. The SMILES string of the molecule is O=C(OCCN(CCOC(=O)C1CCCCC1)c1ccccc1)C1CCCCC1. The molecule has 0 N–H and O–H groups in total. The van der Waals surface area contributed by atoms with Gasteiger partial charge in [0.1, 0.15) is 13.2 Å². The molecular formula is C24H35NO4. The zero-order chi connectivity index (χ0) is 20.3. The number of nitrogens with zero attached hydrogens (tertiary/aromatic N) is 1. The number of carbonyl (C=O) groups excluding carboxylic acids is 2. The molecule has 0 radical (unpaired) electrons. The van der Waals surface area contributed by atoms with Crippen molar-refractivity contribution < 1.29 is 19.1 Å². The van der Waals surface area contributed by atoms with Gasteiger partial charge in [-0.15, -0.1) is 0 Å². The molecule has 2 fully saturated rings. The maximum atomic E-state index is 12.3. The van der Waals surface area contributed by atoms with Crippen molar-refractivity contribution in [1.29, 1.82) is 0 Å². The number of esters is 2. The van der Waals surface area contributed by atoms with Crippen LogP contribution in [0.3, 0.4) is 0 Å². The lowest BCUT2D eigenvalue weighted by molar-refractivity contribution is -0.149. The lowest BCUT2D eigenvalue weighted by atomic mass is 9.89. The third-order valence-electron chi connectivity index (χ3n) is 6.21. The number of rotatable bonds is 9. The Hall–Kier alpha value is -2.04. The molecule has 2 saturated carbocycles. The minimum atomic E-state index is -0.0542. The zero-order valence-corrected chi connectivity index (χ0v) is 17.5. The molecule has 1 aromatic rings. The van der Waals surface area contributed by atoms with E-state index in [1.54, 1.807) is 0 Å². The molecule has 2 aliphatic rings. The Labute approximate surface area is 174 Å². The highest BCUT2D eigenvalue weighted by atomic mass is 16.5. The monoisotopic (exact) mass is 401 g/mol. The van der Waals surface area contributed by atoms with Crippen molar-refractivity contribution in [2.45, 2.75) is 64.2 Å². The van der Waals surface area contributed by atoms with Crippen LogP contribution in [0, 0.1) is 11.8 Å². The Bertz CT molecular complexity index is 585. The van der Waals surface area contributed by atoms with Crippen LogP contribution in [0.2, 0.25) is 0 Å². The van der Waals surface area contributed by atoms with E-state index >= 15 is 0 Å². The highest BCUT2D eigenvalue weighted by Crippen LogP contribution is 2.25. The first-order valence-electron chi connectivity index (χ1n) is 11.4. The van der Waals surface area contributed by atoms with Crippen molar-refractivity contribution in [3.63, 3.8) is 0 Å². The highest BCUT2D eigenvalue weighted by molar-refractivity contribution is 5.73. The summed E-state index contributed by atoms with van der Waals surface area (Å²) in [5.74, 6) is 0.0404. The van der Waals surface area contributed by atoms with Gasteiger partial charge in [-0.1, -0.05) is 56.7 Å². The largest absolute Gasteiger partial charge is 0.464 e. The summed E-state index contributed by atoms with van der Waals surface area (Å²) in [7, 11) is 0. The van der Waals surface area contributed by atoms with Crippen molar-refractivity contribution in [3.05, 3.63) is 30.3 Å². The molecule has 0 atom stereocenters. The molecule has 5 heteroatoms. The summed E-state index contributed by atoms with van der Waals surface area (Å²) >= 11 is 0. The standard InChI is InChI=1S/C24H35NO4/c26-23(20-10-4-1-5-11-20)28-18-16-25(22-14-8-3-9-15-22)17-19-29-24(27)21-12-6-2-7-13-21/h3,8-9,14-15,20-21H,1-2,4-7,10-13,16-19H2. The summed E-state index contributed by atoms with van der Waals surface area (Å²) in [6, 6.07) is 10.0. The van der Waals surface area contributed by atoms with Crippen molar-refractivity contribution >= 4 is 17.6 Å². The van der Waals surface area contributed by atoms with Crippen molar-refractivity contribution in [2.24, 2.45) is 11.8 Å². The number of carbonyl (C=O) groups is 2. The third kappa shape index (κ3) is 7.06. The van der Waals surface area contributed by atoms with E-state index < -0.39 is 0 Å².